The van der Waals surface area contributed by atoms with Gasteiger partial charge in [0.15, 0.2) is 0 Å². The molecule has 1 aromatic rings. The second-order valence-corrected chi connectivity index (χ2v) is 5.86. The maximum atomic E-state index is 11.6. The first-order chi connectivity index (χ1) is 10.9. The minimum atomic E-state index is -0.993. The molecular formula is C16H23ClN2O4. The van der Waals surface area contributed by atoms with Crippen LogP contribution in [0.2, 0.25) is 5.02 Å². The number of carbonyl (C=O) groups is 2. The molecular weight excluding hydrogens is 320 g/mol. The van der Waals surface area contributed by atoms with Crippen molar-refractivity contribution >= 4 is 23.5 Å². The second kappa shape index (κ2) is 10.1. The van der Waals surface area contributed by atoms with E-state index in [4.69, 9.17) is 21.4 Å². The third-order valence-corrected chi connectivity index (χ3v) is 3.31. The molecule has 0 radical (unpaired) electrons. The third kappa shape index (κ3) is 8.42. The van der Waals surface area contributed by atoms with Crippen LogP contribution in [0.4, 0.5) is 0 Å². The van der Waals surface area contributed by atoms with Crippen molar-refractivity contribution in [2.24, 2.45) is 0 Å². The molecule has 0 aromatic heterocycles. The van der Waals surface area contributed by atoms with Gasteiger partial charge in [0.05, 0.1) is 13.0 Å². The number of hydrogen-bond acceptors (Lipinski definition) is 4. The first-order valence-electron chi connectivity index (χ1n) is 7.43. The van der Waals surface area contributed by atoms with Crippen LogP contribution in [0.3, 0.4) is 0 Å². The molecule has 1 amide bonds. The van der Waals surface area contributed by atoms with Gasteiger partial charge in [0.2, 0.25) is 5.91 Å². The molecule has 0 bridgehead atoms. The molecule has 0 saturated carbocycles. The van der Waals surface area contributed by atoms with Crippen molar-refractivity contribution in [2.75, 3.05) is 27.2 Å². The molecule has 6 nitrogen and oxygen atoms in total. The maximum absolute atomic E-state index is 11.6. The van der Waals surface area contributed by atoms with Gasteiger partial charge < -0.3 is 20.1 Å². The number of halogens is 1. The number of hydrogen-bond donors (Lipinski definition) is 2. The molecule has 0 saturated heterocycles. The zero-order valence-electron chi connectivity index (χ0n) is 13.5. The fraction of sp³-hybridized carbons (Fsp3) is 0.500. The van der Waals surface area contributed by atoms with Crippen LogP contribution in [0.1, 0.15) is 24.8 Å². The molecule has 2 N–H and O–H groups in total. The molecule has 0 fully saturated rings. The summed E-state index contributed by atoms with van der Waals surface area (Å²) in [6.45, 7) is 1.75. The van der Waals surface area contributed by atoms with Crippen LogP contribution in [0.25, 0.3) is 0 Å². The molecule has 1 aromatic carbocycles. The lowest BCUT2D eigenvalue weighted by Crippen LogP contribution is -2.23. The highest BCUT2D eigenvalue weighted by molar-refractivity contribution is 6.30. The van der Waals surface area contributed by atoms with E-state index in [0.717, 1.165) is 18.5 Å². The molecule has 0 aliphatic rings. The molecule has 0 unspecified atom stereocenters. The van der Waals surface area contributed by atoms with Crippen molar-refractivity contribution in [3.63, 3.8) is 0 Å². The zero-order chi connectivity index (χ0) is 17.2. The number of aliphatic carboxylic acids is 1. The van der Waals surface area contributed by atoms with E-state index in [1.54, 1.807) is 18.2 Å². The fourth-order valence-corrected chi connectivity index (χ4v) is 2.09. The molecule has 0 aliphatic carbocycles. The summed E-state index contributed by atoms with van der Waals surface area (Å²) >= 11 is 5.99. The average molecular weight is 343 g/mol. The maximum Gasteiger partial charge on any atom is 0.303 e. The van der Waals surface area contributed by atoms with E-state index in [9.17, 15) is 9.59 Å². The van der Waals surface area contributed by atoms with E-state index in [1.807, 2.05) is 14.1 Å². The van der Waals surface area contributed by atoms with Crippen LogP contribution in [-0.4, -0.2) is 49.1 Å². The van der Waals surface area contributed by atoms with Crippen LogP contribution < -0.4 is 10.1 Å². The Morgan fingerprint density at radius 1 is 1.30 bits per heavy atom. The monoisotopic (exact) mass is 342 g/mol. The highest BCUT2D eigenvalue weighted by Crippen LogP contribution is 2.23. The minimum absolute atomic E-state index is 0.0467. The summed E-state index contributed by atoms with van der Waals surface area (Å²) in [5, 5.41) is 11.8. The normalized spacial score (nSPS) is 10.6. The van der Waals surface area contributed by atoms with Gasteiger partial charge >= 0.3 is 5.97 Å². The Hall–Kier alpha value is -1.79. The number of ether oxygens (including phenoxy) is 1. The quantitative estimate of drug-likeness (QED) is 0.637. The molecule has 128 valence electrons. The number of carboxylic acid groups (broad SMARTS) is 1. The predicted molar refractivity (Wildman–Crippen MR) is 88.8 cm³/mol. The van der Waals surface area contributed by atoms with E-state index in [1.165, 1.54) is 0 Å². The van der Waals surface area contributed by atoms with Crippen LogP contribution in [0.15, 0.2) is 18.2 Å². The third-order valence-electron chi connectivity index (χ3n) is 3.07. The first kappa shape index (κ1) is 19.3. The van der Waals surface area contributed by atoms with E-state index in [-0.39, 0.29) is 25.3 Å². The van der Waals surface area contributed by atoms with E-state index in [0.29, 0.717) is 17.4 Å². The summed E-state index contributed by atoms with van der Waals surface area (Å²) < 4.78 is 5.74. The standard InChI is InChI=1S/C16H23ClN2O4/c1-19(2)8-3-9-23-14-5-4-13(17)10-12(14)11-18-15(20)6-7-16(21)22/h4-5,10H,3,6-9,11H2,1-2H3,(H,18,20)(H,21,22). The molecule has 0 heterocycles. The van der Waals surface area contributed by atoms with Crippen molar-refractivity contribution < 1.29 is 19.4 Å². The van der Waals surface area contributed by atoms with Gasteiger partial charge in [0.1, 0.15) is 5.75 Å². The van der Waals surface area contributed by atoms with Crippen molar-refractivity contribution in [2.45, 2.75) is 25.8 Å². The lowest BCUT2D eigenvalue weighted by Gasteiger charge is -2.14. The Morgan fingerprint density at radius 3 is 2.70 bits per heavy atom. The van der Waals surface area contributed by atoms with E-state index >= 15 is 0 Å². The molecule has 0 aliphatic heterocycles. The SMILES string of the molecule is CN(C)CCCOc1ccc(Cl)cc1CNC(=O)CCC(=O)O. The number of amides is 1. The van der Waals surface area contributed by atoms with Crippen molar-refractivity contribution in [1.29, 1.82) is 0 Å². The lowest BCUT2D eigenvalue weighted by atomic mass is 10.2. The van der Waals surface area contributed by atoms with E-state index in [2.05, 4.69) is 10.2 Å². The van der Waals surface area contributed by atoms with Crippen LogP contribution >= 0.6 is 11.6 Å². The van der Waals surface area contributed by atoms with Gasteiger partial charge in [0, 0.05) is 30.1 Å². The average Bonchev–Trinajstić information content (AvgIpc) is 2.48. The highest BCUT2D eigenvalue weighted by atomic mass is 35.5. The topological polar surface area (TPSA) is 78.9 Å². The Morgan fingerprint density at radius 2 is 2.04 bits per heavy atom. The van der Waals surface area contributed by atoms with Gasteiger partial charge in [-0.3, -0.25) is 9.59 Å². The Kier molecular flexibility index (Phi) is 8.43. The number of rotatable bonds is 10. The van der Waals surface area contributed by atoms with Gasteiger partial charge in [-0.05, 0) is 38.7 Å². The summed E-state index contributed by atoms with van der Waals surface area (Å²) in [6.07, 6.45) is 0.657. The van der Waals surface area contributed by atoms with Crippen molar-refractivity contribution in [3.8, 4) is 5.75 Å². The van der Waals surface area contributed by atoms with Crippen LogP contribution in [0.5, 0.6) is 5.75 Å². The Labute approximate surface area is 141 Å². The smallest absolute Gasteiger partial charge is 0.303 e. The molecule has 7 heteroatoms. The van der Waals surface area contributed by atoms with Gasteiger partial charge in [-0.25, -0.2) is 0 Å². The van der Waals surface area contributed by atoms with Gasteiger partial charge in [-0.15, -0.1) is 0 Å². The highest BCUT2D eigenvalue weighted by Gasteiger charge is 2.09. The number of benzene rings is 1. The number of carbonyl (C=O) groups excluding carboxylic acids is 1. The molecule has 0 atom stereocenters. The summed E-state index contributed by atoms with van der Waals surface area (Å²) in [4.78, 5) is 24.1. The lowest BCUT2D eigenvalue weighted by molar-refractivity contribution is -0.138. The minimum Gasteiger partial charge on any atom is -0.493 e. The largest absolute Gasteiger partial charge is 0.493 e. The molecule has 1 rings (SSSR count). The second-order valence-electron chi connectivity index (χ2n) is 5.43. The Bertz CT molecular complexity index is 535. The van der Waals surface area contributed by atoms with Gasteiger partial charge in [-0.1, -0.05) is 11.6 Å². The van der Waals surface area contributed by atoms with Crippen LogP contribution in [0, 0.1) is 0 Å². The van der Waals surface area contributed by atoms with Gasteiger partial charge in [0.25, 0.3) is 0 Å². The summed E-state index contributed by atoms with van der Waals surface area (Å²) in [6, 6.07) is 5.25. The molecule has 23 heavy (non-hydrogen) atoms. The number of nitrogens with one attached hydrogen (secondary N) is 1. The van der Waals surface area contributed by atoms with Crippen LogP contribution in [-0.2, 0) is 16.1 Å². The van der Waals surface area contributed by atoms with Crippen molar-refractivity contribution in [1.82, 2.24) is 10.2 Å². The predicted octanol–water partition coefficient (Wildman–Crippen LogP) is 2.15. The molecule has 0 spiro atoms. The summed E-state index contributed by atoms with van der Waals surface area (Å²) in [5.41, 5.74) is 0.769. The van der Waals surface area contributed by atoms with E-state index < -0.39 is 5.97 Å². The summed E-state index contributed by atoms with van der Waals surface area (Å²) in [5.74, 6) is -0.634. The number of carboxylic acids is 1. The van der Waals surface area contributed by atoms with Gasteiger partial charge in [-0.2, -0.15) is 0 Å². The summed E-state index contributed by atoms with van der Waals surface area (Å²) in [7, 11) is 4.00. The first-order valence-corrected chi connectivity index (χ1v) is 7.80. The number of nitrogens with zero attached hydrogens (tertiary/aromatic N) is 1. The fourth-order valence-electron chi connectivity index (χ4n) is 1.89. The van der Waals surface area contributed by atoms with Crippen molar-refractivity contribution in [3.05, 3.63) is 28.8 Å². The Balaban J connectivity index is 2.53. The zero-order valence-corrected chi connectivity index (χ0v) is 14.2.